The van der Waals surface area contributed by atoms with Crippen LogP contribution in [0.3, 0.4) is 0 Å². The van der Waals surface area contributed by atoms with Crippen LogP contribution in [0.25, 0.3) is 0 Å². The van der Waals surface area contributed by atoms with Crippen LogP contribution >= 0.6 is 0 Å². The van der Waals surface area contributed by atoms with E-state index >= 15 is 0 Å². The Morgan fingerprint density at radius 1 is 1.35 bits per heavy atom. The topological polar surface area (TPSA) is 69.6 Å². The van der Waals surface area contributed by atoms with Crippen molar-refractivity contribution in [2.24, 2.45) is 11.3 Å². The van der Waals surface area contributed by atoms with Gasteiger partial charge in [-0.1, -0.05) is 20.3 Å². The maximum absolute atomic E-state index is 13.0. The normalized spacial score (nSPS) is 29.4. The molecule has 2 N–H and O–H groups in total. The first-order valence-electron chi connectivity index (χ1n) is 7.76. The summed E-state index contributed by atoms with van der Waals surface area (Å²) in [6.45, 7) is 6.33. The van der Waals surface area contributed by atoms with Gasteiger partial charge >= 0.3 is 5.97 Å². The highest BCUT2D eigenvalue weighted by atomic mass is 16.4. The molecule has 2 atom stereocenters. The van der Waals surface area contributed by atoms with Crippen molar-refractivity contribution in [1.29, 1.82) is 0 Å². The minimum atomic E-state index is -0.857. The lowest BCUT2D eigenvalue weighted by Gasteiger charge is -2.40. The molecule has 2 heterocycles. The van der Waals surface area contributed by atoms with Crippen molar-refractivity contribution >= 4 is 11.9 Å². The van der Waals surface area contributed by atoms with Crippen LogP contribution in [0.4, 0.5) is 0 Å². The van der Waals surface area contributed by atoms with Gasteiger partial charge in [0.1, 0.15) is 6.04 Å². The molecule has 20 heavy (non-hydrogen) atoms. The number of carboxylic acid groups (broad SMARTS) is 1. The number of carboxylic acids is 1. The molecule has 2 rings (SSSR count). The zero-order chi connectivity index (χ0) is 14.8. The number of piperidine rings is 1. The Morgan fingerprint density at radius 3 is 2.55 bits per heavy atom. The Kier molecular flexibility index (Phi) is 4.68. The van der Waals surface area contributed by atoms with Gasteiger partial charge in [0.2, 0.25) is 5.91 Å². The summed E-state index contributed by atoms with van der Waals surface area (Å²) in [6.07, 6.45) is 4.29. The number of nitrogens with one attached hydrogen (secondary N) is 1. The molecule has 114 valence electrons. The lowest BCUT2D eigenvalue weighted by Crippen LogP contribution is -2.53. The third-order valence-electron chi connectivity index (χ3n) is 4.96. The van der Waals surface area contributed by atoms with Gasteiger partial charge in [0.25, 0.3) is 0 Å². The summed E-state index contributed by atoms with van der Waals surface area (Å²) in [5, 5.41) is 12.7. The summed E-state index contributed by atoms with van der Waals surface area (Å²) in [6, 6.07) is -0.633. The molecule has 2 aliphatic heterocycles. The van der Waals surface area contributed by atoms with Crippen molar-refractivity contribution < 1.29 is 14.7 Å². The summed E-state index contributed by atoms with van der Waals surface area (Å²) >= 11 is 0. The number of carbonyl (C=O) groups excluding carboxylic acids is 1. The van der Waals surface area contributed by atoms with E-state index in [1.165, 1.54) is 0 Å². The number of likely N-dealkylation sites (tertiary alicyclic amines) is 1. The van der Waals surface area contributed by atoms with E-state index in [2.05, 4.69) is 12.2 Å². The molecular weight excluding hydrogens is 256 g/mol. The summed E-state index contributed by atoms with van der Waals surface area (Å²) in [7, 11) is 0. The fourth-order valence-corrected chi connectivity index (χ4v) is 3.81. The van der Waals surface area contributed by atoms with Crippen LogP contribution in [0, 0.1) is 11.3 Å². The van der Waals surface area contributed by atoms with Crippen molar-refractivity contribution in [2.45, 2.75) is 52.0 Å². The van der Waals surface area contributed by atoms with Crippen LogP contribution in [0.2, 0.25) is 0 Å². The van der Waals surface area contributed by atoms with Crippen LogP contribution < -0.4 is 5.32 Å². The van der Waals surface area contributed by atoms with Crippen LogP contribution in [-0.2, 0) is 9.59 Å². The highest BCUT2D eigenvalue weighted by Crippen LogP contribution is 2.39. The Morgan fingerprint density at radius 2 is 2.00 bits per heavy atom. The zero-order valence-electron chi connectivity index (χ0n) is 12.5. The van der Waals surface area contributed by atoms with Crippen molar-refractivity contribution in [3.8, 4) is 0 Å². The minimum absolute atomic E-state index is 0.0526. The van der Waals surface area contributed by atoms with E-state index in [4.69, 9.17) is 0 Å². The second-order valence-electron chi connectivity index (χ2n) is 6.33. The second kappa shape index (κ2) is 6.12. The molecule has 2 aliphatic rings. The molecular formula is C15H26N2O3. The first kappa shape index (κ1) is 15.3. The predicted octanol–water partition coefficient (Wildman–Crippen LogP) is 1.48. The van der Waals surface area contributed by atoms with E-state index in [-0.39, 0.29) is 17.2 Å². The maximum atomic E-state index is 13.0. The van der Waals surface area contributed by atoms with Crippen LogP contribution in [-0.4, -0.2) is 47.6 Å². The van der Waals surface area contributed by atoms with Gasteiger partial charge in [-0.15, -0.1) is 0 Å². The lowest BCUT2D eigenvalue weighted by molar-refractivity contribution is -0.155. The summed E-state index contributed by atoms with van der Waals surface area (Å²) in [5.74, 6) is -0.724. The Hall–Kier alpha value is -1.10. The molecule has 2 saturated heterocycles. The first-order chi connectivity index (χ1) is 9.52. The third kappa shape index (κ3) is 2.68. The molecule has 0 radical (unpaired) electrons. The van der Waals surface area contributed by atoms with Crippen molar-refractivity contribution in [1.82, 2.24) is 10.2 Å². The molecule has 0 spiro atoms. The van der Waals surface area contributed by atoms with Crippen LogP contribution in [0.1, 0.15) is 46.0 Å². The van der Waals surface area contributed by atoms with Gasteiger partial charge in [-0.25, -0.2) is 4.79 Å². The van der Waals surface area contributed by atoms with Crippen molar-refractivity contribution in [2.75, 3.05) is 19.6 Å². The highest BCUT2D eigenvalue weighted by Gasteiger charge is 2.47. The maximum Gasteiger partial charge on any atom is 0.326 e. The Balaban J connectivity index is 2.21. The van der Waals surface area contributed by atoms with Gasteiger partial charge in [0.15, 0.2) is 0 Å². The molecule has 0 aromatic carbocycles. The average molecular weight is 282 g/mol. The van der Waals surface area contributed by atoms with E-state index in [1.54, 1.807) is 4.90 Å². The summed E-state index contributed by atoms with van der Waals surface area (Å²) in [5.41, 5.74) is -0.336. The molecule has 5 nitrogen and oxygen atoms in total. The number of carbonyl (C=O) groups is 2. The molecule has 0 aromatic rings. The number of aliphatic carboxylic acids is 1. The van der Waals surface area contributed by atoms with E-state index in [9.17, 15) is 14.7 Å². The van der Waals surface area contributed by atoms with Crippen molar-refractivity contribution in [3.05, 3.63) is 0 Å². The first-order valence-corrected chi connectivity index (χ1v) is 7.76. The predicted molar refractivity (Wildman–Crippen MR) is 76.4 cm³/mol. The Labute approximate surface area is 120 Å². The second-order valence-corrected chi connectivity index (χ2v) is 6.33. The molecule has 0 bridgehead atoms. The lowest BCUT2D eigenvalue weighted by atomic mass is 9.74. The van der Waals surface area contributed by atoms with E-state index in [0.29, 0.717) is 6.54 Å². The molecule has 1 amide bonds. The monoisotopic (exact) mass is 282 g/mol. The SMILES string of the molecule is CCCC1(C(=O)N2CCC(C)C2C(=O)O)CCNCC1. The molecule has 0 aromatic heterocycles. The quantitative estimate of drug-likeness (QED) is 0.819. The molecule has 0 saturated carbocycles. The van der Waals surface area contributed by atoms with Crippen molar-refractivity contribution in [3.63, 3.8) is 0 Å². The molecule has 5 heteroatoms. The number of hydrogen-bond acceptors (Lipinski definition) is 3. The standard InChI is InChI=1S/C15H26N2O3/c1-3-5-15(6-8-16-9-7-15)14(20)17-10-4-11(2)12(17)13(18)19/h11-12,16H,3-10H2,1-2H3,(H,18,19). The van der Waals surface area contributed by atoms with Gasteiger partial charge in [0, 0.05) is 6.54 Å². The number of rotatable bonds is 4. The van der Waals surface area contributed by atoms with Crippen LogP contribution in [0.5, 0.6) is 0 Å². The molecule has 2 unspecified atom stereocenters. The van der Waals surface area contributed by atoms with E-state index in [0.717, 1.165) is 45.2 Å². The summed E-state index contributed by atoms with van der Waals surface area (Å²) < 4.78 is 0. The summed E-state index contributed by atoms with van der Waals surface area (Å²) in [4.78, 5) is 26.1. The highest BCUT2D eigenvalue weighted by molar-refractivity contribution is 5.88. The largest absolute Gasteiger partial charge is 0.480 e. The zero-order valence-corrected chi connectivity index (χ0v) is 12.5. The smallest absolute Gasteiger partial charge is 0.326 e. The minimum Gasteiger partial charge on any atom is -0.480 e. The van der Waals surface area contributed by atoms with Gasteiger partial charge in [-0.2, -0.15) is 0 Å². The van der Waals surface area contributed by atoms with E-state index < -0.39 is 12.0 Å². The third-order valence-corrected chi connectivity index (χ3v) is 4.96. The molecule has 0 aliphatic carbocycles. The van der Waals surface area contributed by atoms with Gasteiger partial charge in [0.05, 0.1) is 5.41 Å². The fraction of sp³-hybridized carbons (Fsp3) is 0.867. The van der Waals surface area contributed by atoms with Gasteiger partial charge in [-0.05, 0) is 44.7 Å². The average Bonchev–Trinajstić information content (AvgIpc) is 2.81. The number of hydrogen-bond donors (Lipinski definition) is 2. The fourth-order valence-electron chi connectivity index (χ4n) is 3.81. The Bertz CT molecular complexity index is 372. The van der Waals surface area contributed by atoms with Gasteiger partial charge < -0.3 is 15.3 Å². The number of nitrogens with zero attached hydrogens (tertiary/aromatic N) is 1. The van der Waals surface area contributed by atoms with E-state index in [1.807, 2.05) is 6.92 Å². The van der Waals surface area contributed by atoms with Gasteiger partial charge in [-0.3, -0.25) is 4.79 Å². The molecule has 2 fully saturated rings. The number of amides is 1. The van der Waals surface area contributed by atoms with Crippen LogP contribution in [0.15, 0.2) is 0 Å².